The number of carbonyl (C=O) groups excluding carboxylic acids is 1. The quantitative estimate of drug-likeness (QED) is 0.800. The summed E-state index contributed by atoms with van der Waals surface area (Å²) in [7, 11) is 1.75. The molecule has 1 fully saturated rings. The average molecular weight is 231 g/mol. The fourth-order valence-electron chi connectivity index (χ4n) is 3.43. The Morgan fingerprint density at radius 3 is 2.94 bits per heavy atom. The van der Waals surface area contributed by atoms with Gasteiger partial charge in [-0.25, -0.2) is 0 Å². The molecule has 1 aliphatic carbocycles. The minimum atomic E-state index is -0.0131. The van der Waals surface area contributed by atoms with Crippen LogP contribution in [0.25, 0.3) is 0 Å². The summed E-state index contributed by atoms with van der Waals surface area (Å²) in [4.78, 5) is 11.7. The summed E-state index contributed by atoms with van der Waals surface area (Å²) in [6.07, 6.45) is 2.63. The van der Waals surface area contributed by atoms with Crippen molar-refractivity contribution in [3.05, 3.63) is 35.4 Å². The van der Waals surface area contributed by atoms with Gasteiger partial charge in [0.2, 0.25) is 5.91 Å². The van der Waals surface area contributed by atoms with E-state index >= 15 is 0 Å². The van der Waals surface area contributed by atoms with Crippen molar-refractivity contribution in [3.63, 3.8) is 0 Å². The van der Waals surface area contributed by atoms with Gasteiger partial charge in [0.25, 0.3) is 0 Å². The normalized spacial score (nSPS) is 31.4. The molecule has 1 aromatic rings. The number of carbonyl (C=O) groups is 1. The Hall–Kier alpha value is -1.35. The van der Waals surface area contributed by atoms with Gasteiger partial charge in [-0.3, -0.25) is 4.79 Å². The van der Waals surface area contributed by atoms with Crippen molar-refractivity contribution in [2.75, 3.05) is 13.7 Å². The average Bonchev–Trinajstić information content (AvgIpc) is 2.61. The van der Waals surface area contributed by atoms with Crippen LogP contribution in [0.3, 0.4) is 0 Å². The van der Waals surface area contributed by atoms with E-state index in [9.17, 15) is 4.79 Å². The summed E-state index contributed by atoms with van der Waals surface area (Å²) in [6, 6.07) is 8.40. The second-order valence-electron chi connectivity index (χ2n) is 5.13. The molecule has 0 bridgehead atoms. The first-order valence-corrected chi connectivity index (χ1v) is 6.12. The number of hydrogen-bond acceptors (Lipinski definition) is 2. The van der Waals surface area contributed by atoms with Crippen LogP contribution in [0.15, 0.2) is 24.3 Å². The highest BCUT2D eigenvalue weighted by atomic mass is 16.5. The van der Waals surface area contributed by atoms with E-state index in [0.29, 0.717) is 6.42 Å². The highest BCUT2D eigenvalue weighted by Crippen LogP contribution is 2.52. The Bertz CT molecular complexity index is 457. The maximum absolute atomic E-state index is 11.7. The van der Waals surface area contributed by atoms with E-state index in [-0.39, 0.29) is 17.4 Å². The number of amides is 1. The number of piperidine rings is 1. The maximum atomic E-state index is 11.7. The van der Waals surface area contributed by atoms with E-state index in [2.05, 4.69) is 23.5 Å². The highest BCUT2D eigenvalue weighted by Gasteiger charge is 2.48. The molecule has 1 aliphatic heterocycles. The molecule has 3 rings (SSSR count). The van der Waals surface area contributed by atoms with Gasteiger partial charge in [0.05, 0.1) is 6.10 Å². The molecule has 1 amide bonds. The van der Waals surface area contributed by atoms with Crippen molar-refractivity contribution in [1.82, 2.24) is 5.32 Å². The van der Waals surface area contributed by atoms with Crippen molar-refractivity contribution >= 4 is 5.91 Å². The van der Waals surface area contributed by atoms with Gasteiger partial charge in [0.1, 0.15) is 0 Å². The molecule has 2 atom stereocenters. The molecule has 1 N–H and O–H groups in total. The Kier molecular flexibility index (Phi) is 2.44. The molecule has 1 saturated heterocycles. The van der Waals surface area contributed by atoms with Crippen molar-refractivity contribution in [2.24, 2.45) is 5.41 Å². The number of ether oxygens (including phenoxy) is 1. The number of benzene rings is 1. The number of nitrogens with one attached hydrogen (secondary N) is 1. The zero-order valence-electron chi connectivity index (χ0n) is 10.0. The fourth-order valence-corrected chi connectivity index (χ4v) is 3.43. The van der Waals surface area contributed by atoms with Crippen LogP contribution in [0.2, 0.25) is 0 Å². The molecule has 1 heterocycles. The van der Waals surface area contributed by atoms with E-state index < -0.39 is 0 Å². The minimum Gasteiger partial charge on any atom is -0.376 e. The summed E-state index contributed by atoms with van der Waals surface area (Å²) >= 11 is 0. The van der Waals surface area contributed by atoms with Crippen LogP contribution < -0.4 is 5.32 Å². The minimum absolute atomic E-state index is 0.0131. The summed E-state index contributed by atoms with van der Waals surface area (Å²) in [5.41, 5.74) is 2.60. The Morgan fingerprint density at radius 1 is 1.35 bits per heavy atom. The van der Waals surface area contributed by atoms with Crippen LogP contribution in [0.4, 0.5) is 0 Å². The highest BCUT2D eigenvalue weighted by molar-refractivity contribution is 5.78. The van der Waals surface area contributed by atoms with Crippen molar-refractivity contribution in [2.45, 2.75) is 25.4 Å². The third-order valence-corrected chi connectivity index (χ3v) is 4.13. The second kappa shape index (κ2) is 3.84. The van der Waals surface area contributed by atoms with Crippen LogP contribution in [-0.4, -0.2) is 19.6 Å². The van der Waals surface area contributed by atoms with Crippen LogP contribution >= 0.6 is 0 Å². The van der Waals surface area contributed by atoms with Crippen LogP contribution in [0.5, 0.6) is 0 Å². The number of hydrogen-bond donors (Lipinski definition) is 1. The van der Waals surface area contributed by atoms with Crippen LogP contribution in [0, 0.1) is 5.41 Å². The Balaban J connectivity index is 2.01. The van der Waals surface area contributed by atoms with Crippen molar-refractivity contribution in [3.8, 4) is 0 Å². The molecule has 3 nitrogen and oxygen atoms in total. The van der Waals surface area contributed by atoms with E-state index in [4.69, 9.17) is 4.74 Å². The van der Waals surface area contributed by atoms with Crippen LogP contribution in [-0.2, 0) is 16.0 Å². The van der Waals surface area contributed by atoms with Gasteiger partial charge < -0.3 is 10.1 Å². The smallest absolute Gasteiger partial charge is 0.220 e. The maximum Gasteiger partial charge on any atom is 0.220 e. The van der Waals surface area contributed by atoms with Gasteiger partial charge in [-0.1, -0.05) is 24.3 Å². The Morgan fingerprint density at radius 2 is 2.18 bits per heavy atom. The van der Waals surface area contributed by atoms with Gasteiger partial charge in [-0.05, 0) is 24.0 Å². The molecule has 0 saturated carbocycles. The molecular formula is C14H17NO2. The number of methoxy groups -OCH3 is 1. The lowest BCUT2D eigenvalue weighted by Gasteiger charge is -2.37. The topological polar surface area (TPSA) is 38.3 Å². The van der Waals surface area contributed by atoms with E-state index in [1.165, 1.54) is 11.1 Å². The largest absolute Gasteiger partial charge is 0.376 e. The van der Waals surface area contributed by atoms with E-state index in [0.717, 1.165) is 19.4 Å². The van der Waals surface area contributed by atoms with Gasteiger partial charge in [0, 0.05) is 25.5 Å². The predicted molar refractivity (Wildman–Crippen MR) is 64.6 cm³/mol. The first-order valence-electron chi connectivity index (χ1n) is 6.12. The molecule has 0 aromatic heterocycles. The third kappa shape index (κ3) is 1.57. The summed E-state index contributed by atoms with van der Waals surface area (Å²) in [5, 5.41) is 2.91. The van der Waals surface area contributed by atoms with Gasteiger partial charge in [-0.2, -0.15) is 0 Å². The van der Waals surface area contributed by atoms with E-state index in [1.54, 1.807) is 7.11 Å². The standard InChI is InChI=1S/C14H17NO2/c1-17-13-11-5-3-2-4-10(11)8-14(13)6-7-15-12(16)9-14/h2-5,13H,6-9H2,1H3,(H,15,16)/t13-,14?/m0/s1. The zero-order chi connectivity index (χ0) is 11.9. The van der Waals surface area contributed by atoms with Gasteiger partial charge in [-0.15, -0.1) is 0 Å². The van der Waals surface area contributed by atoms with E-state index in [1.807, 2.05) is 6.07 Å². The lowest BCUT2D eigenvalue weighted by Crippen LogP contribution is -2.43. The summed E-state index contributed by atoms with van der Waals surface area (Å²) in [5.74, 6) is 0.158. The predicted octanol–water partition coefficient (Wildman–Crippen LogP) is 1.83. The molecule has 1 unspecified atom stereocenters. The Labute approximate surface area is 101 Å². The molecule has 90 valence electrons. The summed E-state index contributed by atoms with van der Waals surface area (Å²) < 4.78 is 5.70. The number of rotatable bonds is 1. The molecule has 0 radical (unpaired) electrons. The lowest BCUT2D eigenvalue weighted by atomic mass is 9.74. The molecular weight excluding hydrogens is 214 g/mol. The second-order valence-corrected chi connectivity index (χ2v) is 5.13. The SMILES string of the molecule is CO[C@H]1c2ccccc2CC12CCNC(=O)C2. The monoisotopic (exact) mass is 231 g/mol. The lowest BCUT2D eigenvalue weighted by molar-refractivity contribution is -0.130. The van der Waals surface area contributed by atoms with Gasteiger partial charge in [0.15, 0.2) is 0 Å². The fraction of sp³-hybridized carbons (Fsp3) is 0.500. The first-order chi connectivity index (χ1) is 8.25. The molecule has 3 heteroatoms. The third-order valence-electron chi connectivity index (χ3n) is 4.13. The number of fused-ring (bicyclic) bond motifs is 1. The molecule has 2 aliphatic rings. The van der Waals surface area contributed by atoms with Crippen molar-refractivity contribution in [1.29, 1.82) is 0 Å². The van der Waals surface area contributed by atoms with Gasteiger partial charge >= 0.3 is 0 Å². The van der Waals surface area contributed by atoms with Crippen LogP contribution in [0.1, 0.15) is 30.1 Å². The first kappa shape index (κ1) is 10.8. The molecule has 1 spiro atoms. The zero-order valence-corrected chi connectivity index (χ0v) is 10.0. The summed E-state index contributed by atoms with van der Waals surface area (Å²) in [6.45, 7) is 0.771. The molecule has 1 aromatic carbocycles. The molecule has 17 heavy (non-hydrogen) atoms. The van der Waals surface area contributed by atoms with Crippen molar-refractivity contribution < 1.29 is 9.53 Å².